The number of aliphatic hydroxyl groups excluding tert-OH is 1. The number of benzene rings is 2. The van der Waals surface area contributed by atoms with E-state index in [9.17, 15) is 14.7 Å². The van der Waals surface area contributed by atoms with Crippen molar-refractivity contribution in [2.45, 2.75) is 13.0 Å². The molecule has 9 nitrogen and oxygen atoms in total. The molecule has 38 heavy (non-hydrogen) atoms. The number of rotatable bonds is 5. The summed E-state index contributed by atoms with van der Waals surface area (Å²) in [4.78, 5) is 37.7. The maximum Gasteiger partial charge on any atom is 0.301 e. The average Bonchev–Trinajstić information content (AvgIpc) is 3.58. The van der Waals surface area contributed by atoms with Crippen molar-refractivity contribution < 1.29 is 24.2 Å². The molecule has 2 aromatic carbocycles. The summed E-state index contributed by atoms with van der Waals surface area (Å²) in [6.07, 6.45) is 1.75. The van der Waals surface area contributed by atoms with Crippen LogP contribution < -0.4 is 14.4 Å². The number of ketones is 1. The molecule has 3 aromatic heterocycles. The van der Waals surface area contributed by atoms with Gasteiger partial charge in [-0.05, 0) is 55.0 Å². The number of carbonyl (C=O) groups is 2. The number of nitrogens with zero attached hydrogens (tertiary/aromatic N) is 4. The number of pyridine rings is 1. The fourth-order valence-corrected chi connectivity index (χ4v) is 5.83. The van der Waals surface area contributed by atoms with Gasteiger partial charge in [-0.15, -0.1) is 0 Å². The Kier molecular flexibility index (Phi) is 5.61. The Morgan fingerprint density at radius 2 is 1.76 bits per heavy atom. The highest BCUT2D eigenvalue weighted by Gasteiger charge is 2.48. The molecule has 1 amide bonds. The molecule has 1 N–H and O–H groups in total. The summed E-state index contributed by atoms with van der Waals surface area (Å²) in [6.45, 7) is 1.75. The first-order chi connectivity index (χ1) is 18.4. The van der Waals surface area contributed by atoms with Gasteiger partial charge in [0, 0.05) is 6.20 Å². The standard InChI is InChI=1S/C28H22N4O5S/c1-15-23(31-12-5-4-9-21(31)29-15)25(33)22-24(16-7-6-8-17(13-16)36-2)32(27(35)26(22)34)28-30-19-11-10-18(37-3)14-20(19)38-28/h4-14,24,33H,1-3H3. The summed E-state index contributed by atoms with van der Waals surface area (Å²) < 4.78 is 13.2. The van der Waals surface area contributed by atoms with Crippen molar-refractivity contribution in [3.8, 4) is 11.5 Å². The lowest BCUT2D eigenvalue weighted by molar-refractivity contribution is -0.132. The third-order valence-electron chi connectivity index (χ3n) is 6.57. The first-order valence-electron chi connectivity index (χ1n) is 11.7. The lowest BCUT2D eigenvalue weighted by Crippen LogP contribution is -2.29. The van der Waals surface area contributed by atoms with E-state index in [1.54, 1.807) is 80.3 Å². The maximum atomic E-state index is 13.6. The van der Waals surface area contributed by atoms with Gasteiger partial charge in [-0.3, -0.25) is 18.9 Å². The Balaban J connectivity index is 1.60. The van der Waals surface area contributed by atoms with E-state index in [4.69, 9.17) is 9.47 Å². The number of ether oxygens (including phenoxy) is 2. The number of amides is 1. The monoisotopic (exact) mass is 526 g/mol. The molecule has 10 heteroatoms. The third-order valence-corrected chi connectivity index (χ3v) is 7.59. The number of anilines is 1. The van der Waals surface area contributed by atoms with Gasteiger partial charge >= 0.3 is 5.91 Å². The van der Waals surface area contributed by atoms with Gasteiger partial charge in [0.1, 0.15) is 22.8 Å². The van der Waals surface area contributed by atoms with Crippen molar-refractivity contribution in [2.75, 3.05) is 19.1 Å². The van der Waals surface area contributed by atoms with Crippen LogP contribution in [-0.4, -0.2) is 45.4 Å². The van der Waals surface area contributed by atoms with Crippen LogP contribution in [0.15, 0.2) is 72.4 Å². The van der Waals surface area contributed by atoms with E-state index in [1.807, 2.05) is 12.1 Å². The molecule has 1 atom stereocenters. The van der Waals surface area contributed by atoms with Crippen molar-refractivity contribution in [3.05, 3.63) is 89.4 Å². The molecule has 1 unspecified atom stereocenters. The molecular formula is C28H22N4O5S. The Hall–Kier alpha value is -4.70. The van der Waals surface area contributed by atoms with Crippen molar-refractivity contribution >= 4 is 49.8 Å². The molecule has 1 aliphatic rings. The van der Waals surface area contributed by atoms with E-state index in [0.717, 1.165) is 4.70 Å². The number of aryl methyl sites for hydroxylation is 1. The Labute approximate surface area is 221 Å². The summed E-state index contributed by atoms with van der Waals surface area (Å²) in [5.41, 5.74) is 2.69. The van der Waals surface area contributed by atoms with Crippen LogP contribution in [0.4, 0.5) is 5.13 Å². The minimum absolute atomic E-state index is 0.0474. The van der Waals surface area contributed by atoms with E-state index in [0.29, 0.717) is 44.7 Å². The highest BCUT2D eigenvalue weighted by Crippen LogP contribution is 2.45. The molecule has 0 saturated carbocycles. The summed E-state index contributed by atoms with van der Waals surface area (Å²) in [6, 6.07) is 17.0. The number of Topliss-reactive ketones (excluding diaryl/α,β-unsaturated/α-hetero) is 1. The van der Waals surface area contributed by atoms with Crippen molar-refractivity contribution in [3.63, 3.8) is 0 Å². The van der Waals surface area contributed by atoms with Crippen molar-refractivity contribution in [2.24, 2.45) is 0 Å². The SMILES string of the molecule is COc1cccc(C2C(=C(O)c3c(C)nc4ccccn34)C(=O)C(=O)N2c2nc3ccc(OC)cc3s2)c1. The van der Waals surface area contributed by atoms with E-state index >= 15 is 0 Å². The first-order valence-corrected chi connectivity index (χ1v) is 12.6. The summed E-state index contributed by atoms with van der Waals surface area (Å²) in [7, 11) is 3.12. The third kappa shape index (κ3) is 3.60. The number of aliphatic hydroxyl groups is 1. The smallest absolute Gasteiger partial charge is 0.301 e. The zero-order valence-corrected chi connectivity index (χ0v) is 21.5. The largest absolute Gasteiger partial charge is 0.505 e. The number of methoxy groups -OCH3 is 2. The predicted molar refractivity (Wildman–Crippen MR) is 144 cm³/mol. The molecule has 190 valence electrons. The maximum absolute atomic E-state index is 13.6. The first kappa shape index (κ1) is 23.7. The molecule has 1 fully saturated rings. The van der Waals surface area contributed by atoms with E-state index in [-0.39, 0.29) is 11.3 Å². The van der Waals surface area contributed by atoms with Crippen LogP contribution in [-0.2, 0) is 9.59 Å². The van der Waals surface area contributed by atoms with Gasteiger partial charge in [0.05, 0.1) is 41.7 Å². The van der Waals surface area contributed by atoms with Gasteiger partial charge in [0.25, 0.3) is 5.78 Å². The Bertz CT molecular complexity index is 1790. The lowest BCUT2D eigenvalue weighted by Gasteiger charge is -2.23. The molecule has 4 heterocycles. The van der Waals surface area contributed by atoms with E-state index in [2.05, 4.69) is 9.97 Å². The van der Waals surface area contributed by atoms with E-state index < -0.39 is 17.7 Å². The van der Waals surface area contributed by atoms with Crippen LogP contribution in [0.25, 0.3) is 21.6 Å². The normalized spacial score (nSPS) is 17.0. The Morgan fingerprint density at radius 1 is 0.974 bits per heavy atom. The molecule has 5 aromatic rings. The van der Waals surface area contributed by atoms with Gasteiger partial charge in [-0.25, -0.2) is 9.97 Å². The number of fused-ring (bicyclic) bond motifs is 2. The van der Waals surface area contributed by atoms with Crippen LogP contribution in [0, 0.1) is 6.92 Å². The summed E-state index contributed by atoms with van der Waals surface area (Å²) in [5, 5.41) is 12.0. The highest BCUT2D eigenvalue weighted by atomic mass is 32.1. The molecular weight excluding hydrogens is 504 g/mol. The molecule has 6 rings (SSSR count). The average molecular weight is 527 g/mol. The summed E-state index contributed by atoms with van der Waals surface area (Å²) >= 11 is 1.26. The Morgan fingerprint density at radius 3 is 2.55 bits per heavy atom. The molecule has 1 saturated heterocycles. The van der Waals surface area contributed by atoms with Crippen LogP contribution in [0.1, 0.15) is 23.0 Å². The minimum atomic E-state index is -0.943. The molecule has 0 aliphatic carbocycles. The highest BCUT2D eigenvalue weighted by molar-refractivity contribution is 7.22. The molecule has 0 radical (unpaired) electrons. The minimum Gasteiger partial charge on any atom is -0.505 e. The second-order valence-electron chi connectivity index (χ2n) is 8.75. The number of thiazole rings is 1. The summed E-state index contributed by atoms with van der Waals surface area (Å²) in [5.74, 6) is -0.692. The van der Waals surface area contributed by atoms with Gasteiger partial charge in [0.15, 0.2) is 10.9 Å². The lowest BCUT2D eigenvalue weighted by atomic mass is 9.96. The van der Waals surface area contributed by atoms with Gasteiger partial charge < -0.3 is 14.6 Å². The quantitative estimate of drug-likeness (QED) is 0.197. The fourth-order valence-electron chi connectivity index (χ4n) is 4.81. The molecule has 1 aliphatic heterocycles. The van der Waals surface area contributed by atoms with Gasteiger partial charge in [-0.2, -0.15) is 0 Å². The number of imidazole rings is 1. The molecule has 0 spiro atoms. The van der Waals surface area contributed by atoms with Crippen LogP contribution in [0.3, 0.4) is 0 Å². The zero-order valence-electron chi connectivity index (χ0n) is 20.7. The van der Waals surface area contributed by atoms with Gasteiger partial charge in [-0.1, -0.05) is 29.5 Å². The predicted octanol–water partition coefficient (Wildman–Crippen LogP) is 4.90. The zero-order chi connectivity index (χ0) is 26.6. The second kappa shape index (κ2) is 9.00. The molecule has 0 bridgehead atoms. The van der Waals surface area contributed by atoms with Gasteiger partial charge in [0.2, 0.25) is 0 Å². The fraction of sp³-hybridized carbons (Fsp3) is 0.143. The van der Waals surface area contributed by atoms with Crippen molar-refractivity contribution in [1.29, 1.82) is 0 Å². The number of aromatic nitrogens is 3. The number of carbonyl (C=O) groups excluding carboxylic acids is 2. The number of hydrogen-bond donors (Lipinski definition) is 1. The van der Waals surface area contributed by atoms with Crippen molar-refractivity contribution in [1.82, 2.24) is 14.4 Å². The van der Waals surface area contributed by atoms with E-state index in [1.165, 1.54) is 16.2 Å². The second-order valence-corrected chi connectivity index (χ2v) is 9.76. The van der Waals surface area contributed by atoms with Crippen LogP contribution >= 0.6 is 11.3 Å². The van der Waals surface area contributed by atoms with Crippen LogP contribution in [0.2, 0.25) is 0 Å². The number of hydrogen-bond acceptors (Lipinski definition) is 8. The topological polar surface area (TPSA) is 106 Å². The van der Waals surface area contributed by atoms with Crippen LogP contribution in [0.5, 0.6) is 11.5 Å².